The summed E-state index contributed by atoms with van der Waals surface area (Å²) < 4.78 is 14.4. The van der Waals surface area contributed by atoms with Gasteiger partial charge in [0, 0.05) is 50.4 Å². The fourth-order valence-electron chi connectivity index (χ4n) is 6.20. The van der Waals surface area contributed by atoms with Crippen molar-refractivity contribution in [1.29, 1.82) is 5.26 Å². The van der Waals surface area contributed by atoms with Crippen LogP contribution >= 0.6 is 0 Å². The maximum Gasteiger partial charge on any atom is 0.138 e. The third-order valence-corrected chi connectivity index (χ3v) is 8.12. The van der Waals surface area contributed by atoms with E-state index in [-0.39, 0.29) is 0 Å². The zero-order valence-electron chi connectivity index (χ0n) is 21.6. The molecule has 0 spiro atoms. The number of furan rings is 2. The van der Waals surface area contributed by atoms with E-state index in [2.05, 4.69) is 64.2 Å². The summed E-state index contributed by atoms with van der Waals surface area (Å²) in [7, 11) is 0. The number of pyridine rings is 1. The van der Waals surface area contributed by atoms with Gasteiger partial charge in [0.25, 0.3) is 0 Å². The molecule has 0 saturated heterocycles. The molecule has 0 fully saturated rings. The number of hydrogen-bond donors (Lipinski definition) is 0. The molecule has 0 radical (unpaired) electrons. The van der Waals surface area contributed by atoms with E-state index < -0.39 is 0 Å². The molecule has 9 rings (SSSR count). The van der Waals surface area contributed by atoms with Gasteiger partial charge in [-0.3, -0.25) is 4.98 Å². The Morgan fingerprint density at radius 1 is 0.561 bits per heavy atom. The van der Waals surface area contributed by atoms with E-state index in [9.17, 15) is 5.26 Å². The zero-order chi connectivity index (χ0) is 27.1. The lowest BCUT2D eigenvalue weighted by atomic mass is 10.0. The van der Waals surface area contributed by atoms with Gasteiger partial charge >= 0.3 is 0 Å². The summed E-state index contributed by atoms with van der Waals surface area (Å²) in [4.78, 5) is 4.31. The topological polar surface area (TPSA) is 67.9 Å². The number of benzene rings is 5. The van der Waals surface area contributed by atoms with Crippen molar-refractivity contribution in [3.05, 3.63) is 121 Å². The molecule has 0 aliphatic heterocycles. The van der Waals surface area contributed by atoms with E-state index >= 15 is 0 Å². The number of rotatable bonds is 2. The van der Waals surface area contributed by atoms with Gasteiger partial charge in [-0.25, -0.2) is 0 Å². The highest BCUT2D eigenvalue weighted by Crippen LogP contribution is 2.38. The van der Waals surface area contributed by atoms with Gasteiger partial charge in [0.05, 0.1) is 22.7 Å². The molecule has 0 N–H and O–H groups in total. The van der Waals surface area contributed by atoms with Gasteiger partial charge < -0.3 is 13.4 Å². The molecular formula is C36H19N3O2. The maximum absolute atomic E-state index is 9.71. The molecule has 0 unspecified atom stereocenters. The molecule has 0 amide bonds. The molecule has 4 aromatic heterocycles. The summed E-state index contributed by atoms with van der Waals surface area (Å²) in [5, 5.41) is 16.0. The molecule has 4 heterocycles. The first-order valence-corrected chi connectivity index (χ1v) is 13.4. The molecule has 0 aliphatic rings. The van der Waals surface area contributed by atoms with Crippen molar-refractivity contribution in [3.8, 4) is 22.9 Å². The van der Waals surface area contributed by atoms with Gasteiger partial charge in [-0.2, -0.15) is 5.26 Å². The molecule has 5 nitrogen and oxygen atoms in total. The average Bonchev–Trinajstić information content (AvgIpc) is 3.69. The Hall–Kier alpha value is -5.86. The van der Waals surface area contributed by atoms with E-state index in [1.54, 1.807) is 6.20 Å². The summed E-state index contributed by atoms with van der Waals surface area (Å²) >= 11 is 0. The van der Waals surface area contributed by atoms with Gasteiger partial charge in [0.2, 0.25) is 0 Å². The molecule has 0 saturated carbocycles. The fourth-order valence-corrected chi connectivity index (χ4v) is 6.20. The van der Waals surface area contributed by atoms with E-state index in [0.29, 0.717) is 5.56 Å². The van der Waals surface area contributed by atoms with Gasteiger partial charge in [-0.15, -0.1) is 0 Å². The second-order valence-electron chi connectivity index (χ2n) is 10.4. The number of fused-ring (bicyclic) bond motifs is 9. The predicted octanol–water partition coefficient (Wildman–Crippen LogP) is 9.52. The summed E-state index contributed by atoms with van der Waals surface area (Å²) in [5.41, 5.74) is 9.40. The van der Waals surface area contributed by atoms with E-state index in [4.69, 9.17) is 8.83 Å². The number of aromatic nitrogens is 2. The van der Waals surface area contributed by atoms with Gasteiger partial charge in [-0.1, -0.05) is 30.3 Å². The SMILES string of the molecule is N#Cc1ccc2c(c1)c1cc(-c3ccc4oc5ccccc5c4c3)ccc1n2-c1ccc2oc3ccncc3c2c1. The van der Waals surface area contributed by atoms with Crippen molar-refractivity contribution in [2.75, 3.05) is 0 Å². The monoisotopic (exact) mass is 525 g/mol. The number of nitrogens with zero attached hydrogens (tertiary/aromatic N) is 3. The third kappa shape index (κ3) is 3.13. The van der Waals surface area contributed by atoms with Crippen LogP contribution in [0.4, 0.5) is 0 Å². The molecule has 0 atom stereocenters. The standard InChI is InChI=1S/C36H19N3O2/c37-19-21-5-9-31-26(15-21)27-16-22(23-7-11-34-28(17-23)25-3-1-2-4-33(25)40-34)6-10-32(27)39(31)24-8-12-35-29(18-24)30-20-38-14-13-36(30)41-35/h1-18,20H. The lowest BCUT2D eigenvalue weighted by molar-refractivity contribution is 0.668. The van der Waals surface area contributed by atoms with Crippen LogP contribution in [0.15, 0.2) is 124 Å². The molecule has 5 aromatic carbocycles. The van der Waals surface area contributed by atoms with Crippen LogP contribution in [0.5, 0.6) is 0 Å². The fraction of sp³-hybridized carbons (Fsp3) is 0. The first-order valence-electron chi connectivity index (χ1n) is 13.4. The maximum atomic E-state index is 9.71. The highest BCUT2D eigenvalue weighted by Gasteiger charge is 2.17. The highest BCUT2D eigenvalue weighted by atomic mass is 16.3. The molecule has 41 heavy (non-hydrogen) atoms. The molecule has 0 bridgehead atoms. The van der Waals surface area contributed by atoms with E-state index in [1.165, 1.54) is 0 Å². The van der Waals surface area contributed by atoms with Gasteiger partial charge in [0.15, 0.2) is 0 Å². The summed E-state index contributed by atoms with van der Waals surface area (Å²) in [6.45, 7) is 0. The second kappa shape index (κ2) is 8.08. The number of nitriles is 1. The first kappa shape index (κ1) is 22.0. The van der Waals surface area contributed by atoms with Crippen molar-refractivity contribution in [3.63, 3.8) is 0 Å². The van der Waals surface area contributed by atoms with Gasteiger partial charge in [-0.05, 0) is 83.9 Å². The second-order valence-corrected chi connectivity index (χ2v) is 10.4. The Morgan fingerprint density at radius 3 is 2.07 bits per heavy atom. The van der Waals surface area contributed by atoms with Crippen LogP contribution in [0.2, 0.25) is 0 Å². The molecule has 5 heteroatoms. The zero-order valence-corrected chi connectivity index (χ0v) is 21.6. The summed E-state index contributed by atoms with van der Waals surface area (Å²) in [6, 6.07) is 37.4. The highest BCUT2D eigenvalue weighted by molar-refractivity contribution is 6.12. The van der Waals surface area contributed by atoms with Crippen molar-refractivity contribution >= 4 is 65.7 Å². The minimum atomic E-state index is 0.635. The smallest absolute Gasteiger partial charge is 0.138 e. The van der Waals surface area contributed by atoms with Crippen molar-refractivity contribution in [1.82, 2.24) is 9.55 Å². The Bertz CT molecular complexity index is 2560. The van der Waals surface area contributed by atoms with Crippen LogP contribution in [-0.2, 0) is 0 Å². The van der Waals surface area contributed by atoms with Crippen LogP contribution in [0.3, 0.4) is 0 Å². The van der Waals surface area contributed by atoms with Crippen LogP contribution in [0, 0.1) is 11.3 Å². The summed E-state index contributed by atoms with van der Waals surface area (Å²) in [6.07, 6.45) is 3.60. The largest absolute Gasteiger partial charge is 0.456 e. The number of para-hydroxylation sites is 1. The normalized spacial score (nSPS) is 11.9. The van der Waals surface area contributed by atoms with E-state index in [0.717, 1.165) is 82.5 Å². The van der Waals surface area contributed by atoms with Crippen molar-refractivity contribution in [2.45, 2.75) is 0 Å². The van der Waals surface area contributed by atoms with Gasteiger partial charge in [0.1, 0.15) is 22.3 Å². The Balaban J connectivity index is 1.30. The van der Waals surface area contributed by atoms with Crippen molar-refractivity contribution in [2.24, 2.45) is 0 Å². The first-order chi connectivity index (χ1) is 20.2. The molecule has 190 valence electrons. The predicted molar refractivity (Wildman–Crippen MR) is 163 cm³/mol. The quantitative estimate of drug-likeness (QED) is 0.225. The van der Waals surface area contributed by atoms with Crippen LogP contribution in [0.25, 0.3) is 82.5 Å². The summed E-state index contributed by atoms with van der Waals surface area (Å²) in [5.74, 6) is 0. The van der Waals surface area contributed by atoms with Crippen LogP contribution < -0.4 is 0 Å². The average molecular weight is 526 g/mol. The lowest BCUT2D eigenvalue weighted by Crippen LogP contribution is -1.93. The molecule has 0 aliphatic carbocycles. The van der Waals surface area contributed by atoms with Crippen LogP contribution in [0.1, 0.15) is 5.56 Å². The molecule has 9 aromatic rings. The van der Waals surface area contributed by atoms with E-state index in [1.807, 2.05) is 60.8 Å². The Morgan fingerprint density at radius 2 is 1.22 bits per heavy atom. The van der Waals surface area contributed by atoms with Crippen molar-refractivity contribution < 1.29 is 8.83 Å². The number of hydrogen-bond acceptors (Lipinski definition) is 4. The van der Waals surface area contributed by atoms with Crippen LogP contribution in [-0.4, -0.2) is 9.55 Å². The Labute approximate surface area is 233 Å². The third-order valence-electron chi connectivity index (χ3n) is 8.12. The lowest BCUT2D eigenvalue weighted by Gasteiger charge is -2.09. The Kier molecular flexibility index (Phi) is 4.33. The minimum Gasteiger partial charge on any atom is -0.456 e. The minimum absolute atomic E-state index is 0.635. The molecular weight excluding hydrogens is 506 g/mol.